The highest BCUT2D eigenvalue weighted by atomic mass is 17.2. The van der Waals surface area contributed by atoms with Crippen LogP contribution in [0.3, 0.4) is 0 Å². The van der Waals surface area contributed by atoms with Gasteiger partial charge in [-0.15, -0.1) is 0 Å². The highest BCUT2D eigenvalue weighted by Crippen LogP contribution is 2.03. The predicted octanol–water partition coefficient (Wildman–Crippen LogP) is -0.296. The summed E-state index contributed by atoms with van der Waals surface area (Å²) in [5, 5.41) is 9.20. The summed E-state index contributed by atoms with van der Waals surface area (Å²) >= 11 is 0. The van der Waals surface area contributed by atoms with Crippen LogP contribution in [0.15, 0.2) is 0 Å². The number of ether oxygens (including phenoxy) is 13. The molecule has 1 aliphatic rings. The minimum absolute atomic E-state index is 0.00825. The van der Waals surface area contributed by atoms with E-state index in [-0.39, 0.29) is 26.1 Å². The lowest BCUT2D eigenvalue weighted by molar-refractivity contribution is -0.460. The number of nitrogens with zero attached hydrogens (tertiary/aromatic N) is 1. The molecule has 0 saturated carbocycles. The van der Waals surface area contributed by atoms with Crippen molar-refractivity contribution in [1.29, 1.82) is 0 Å². The van der Waals surface area contributed by atoms with Crippen LogP contribution < -0.4 is 0 Å². The van der Waals surface area contributed by atoms with Crippen molar-refractivity contribution in [3.63, 3.8) is 0 Å². The summed E-state index contributed by atoms with van der Waals surface area (Å²) in [6.07, 6.45) is 0.0709. The fourth-order valence-corrected chi connectivity index (χ4v) is 3.50. The third-order valence-electron chi connectivity index (χ3n) is 6.03. The maximum absolute atomic E-state index is 11.5. The molecule has 0 amide bonds. The van der Waals surface area contributed by atoms with Crippen LogP contribution in [-0.2, 0) is 85.7 Å². The van der Waals surface area contributed by atoms with Crippen LogP contribution in [0.4, 0.5) is 0 Å². The Morgan fingerprint density at radius 1 is 0.365 bits per heavy atom. The summed E-state index contributed by atoms with van der Waals surface area (Å²) in [7, 11) is 0. The SMILES string of the molecule is O=C(O)CCOCCOCCOCCOCCOCCOCCOCCOCCOCCOCCOCCOCCOCCC(=O)ON1OCCO1. The first-order valence-corrected chi connectivity index (χ1v) is 17.7. The van der Waals surface area contributed by atoms with Gasteiger partial charge < -0.3 is 71.5 Å². The zero-order valence-corrected chi connectivity index (χ0v) is 30.5. The first-order valence-electron chi connectivity index (χ1n) is 17.7. The van der Waals surface area contributed by atoms with Crippen molar-refractivity contribution in [3.05, 3.63) is 0 Å². The molecule has 1 rings (SSSR count). The number of hydrogen-bond acceptors (Lipinski definition) is 19. The third kappa shape index (κ3) is 38.0. The molecule has 308 valence electrons. The Morgan fingerprint density at radius 2 is 0.577 bits per heavy atom. The molecule has 1 aliphatic heterocycles. The molecule has 20 nitrogen and oxygen atoms in total. The van der Waals surface area contributed by atoms with Crippen molar-refractivity contribution in [1.82, 2.24) is 5.39 Å². The Kier molecular flexibility index (Phi) is 37.6. The van der Waals surface area contributed by atoms with E-state index in [1.54, 1.807) is 0 Å². The maximum atomic E-state index is 11.5. The van der Waals surface area contributed by atoms with E-state index in [0.29, 0.717) is 177 Å². The summed E-state index contributed by atoms with van der Waals surface area (Å²) in [5.74, 6) is -1.39. The molecule has 20 heteroatoms. The lowest BCUT2D eigenvalue weighted by Gasteiger charge is -2.10. The second-order valence-corrected chi connectivity index (χ2v) is 10.2. The molecule has 0 spiro atoms. The number of carboxylic acid groups (broad SMARTS) is 1. The number of rotatable bonds is 43. The van der Waals surface area contributed by atoms with E-state index in [4.69, 9.17) is 81.2 Å². The highest BCUT2D eigenvalue weighted by molar-refractivity contribution is 5.69. The van der Waals surface area contributed by atoms with Crippen LogP contribution in [0.1, 0.15) is 12.8 Å². The fraction of sp³-hybridized carbons (Fsp3) is 0.938. The molecule has 0 aliphatic carbocycles. The van der Waals surface area contributed by atoms with Gasteiger partial charge in [-0.05, 0) is 0 Å². The molecule has 0 atom stereocenters. The lowest BCUT2D eigenvalue weighted by Crippen LogP contribution is -2.23. The van der Waals surface area contributed by atoms with Crippen LogP contribution >= 0.6 is 0 Å². The zero-order chi connectivity index (χ0) is 37.3. The Bertz CT molecular complexity index is 765. The molecule has 52 heavy (non-hydrogen) atoms. The molecule has 1 saturated heterocycles. The minimum Gasteiger partial charge on any atom is -0.481 e. The second-order valence-electron chi connectivity index (χ2n) is 10.2. The van der Waals surface area contributed by atoms with Crippen molar-refractivity contribution in [2.75, 3.05) is 185 Å². The van der Waals surface area contributed by atoms with Crippen molar-refractivity contribution >= 4 is 11.9 Å². The normalized spacial score (nSPS) is 13.3. The quantitative estimate of drug-likeness (QED) is 0.0792. The van der Waals surface area contributed by atoms with Crippen LogP contribution in [0.25, 0.3) is 0 Å². The van der Waals surface area contributed by atoms with Gasteiger partial charge in [-0.2, -0.15) is 0 Å². The molecule has 0 aromatic rings. The second kappa shape index (κ2) is 40.5. The van der Waals surface area contributed by atoms with E-state index in [1.807, 2.05) is 0 Å². The first kappa shape index (κ1) is 48.3. The van der Waals surface area contributed by atoms with Gasteiger partial charge in [0.05, 0.1) is 185 Å². The Labute approximate surface area is 306 Å². The molecular formula is C32H61NO19. The molecule has 0 unspecified atom stereocenters. The predicted molar refractivity (Wildman–Crippen MR) is 177 cm³/mol. The average molecular weight is 764 g/mol. The molecular weight excluding hydrogens is 702 g/mol. The van der Waals surface area contributed by atoms with Crippen LogP contribution in [0, 0.1) is 0 Å². The smallest absolute Gasteiger partial charge is 0.333 e. The monoisotopic (exact) mass is 763 g/mol. The number of aliphatic carboxylic acids is 1. The van der Waals surface area contributed by atoms with Crippen LogP contribution in [0.5, 0.6) is 0 Å². The number of hydrogen-bond donors (Lipinski definition) is 1. The van der Waals surface area contributed by atoms with Gasteiger partial charge in [0, 0.05) is 0 Å². The van der Waals surface area contributed by atoms with Crippen molar-refractivity contribution in [3.8, 4) is 0 Å². The number of carbonyl (C=O) groups is 2. The van der Waals surface area contributed by atoms with E-state index < -0.39 is 11.9 Å². The van der Waals surface area contributed by atoms with Crippen LogP contribution in [0.2, 0.25) is 0 Å². The molecule has 1 N–H and O–H groups in total. The van der Waals surface area contributed by atoms with E-state index in [0.717, 1.165) is 0 Å². The van der Waals surface area contributed by atoms with Gasteiger partial charge in [-0.25, -0.2) is 9.68 Å². The van der Waals surface area contributed by atoms with Crippen molar-refractivity contribution < 1.29 is 90.8 Å². The van der Waals surface area contributed by atoms with Crippen molar-refractivity contribution in [2.24, 2.45) is 0 Å². The maximum Gasteiger partial charge on any atom is 0.333 e. The van der Waals surface area contributed by atoms with Gasteiger partial charge >= 0.3 is 11.9 Å². The van der Waals surface area contributed by atoms with E-state index >= 15 is 0 Å². The van der Waals surface area contributed by atoms with E-state index in [1.165, 1.54) is 0 Å². The summed E-state index contributed by atoms with van der Waals surface area (Å²) < 4.78 is 70.2. The molecule has 0 aromatic heterocycles. The third-order valence-corrected chi connectivity index (χ3v) is 6.03. The Hall–Kier alpha value is -1.70. The standard InChI is InChI=1S/C32H61NO19/c34-31(35)1-3-37-5-7-39-9-11-41-13-15-43-17-19-45-21-23-47-25-27-49-28-26-48-24-22-46-20-18-44-16-14-42-12-10-40-8-6-38-4-2-32(36)52-33-50-29-30-51-33/h1-30H2,(H,34,35). The number of carbonyl (C=O) groups excluding carboxylic acids is 1. The molecule has 0 bridgehead atoms. The van der Waals surface area contributed by atoms with Gasteiger partial charge in [-0.3, -0.25) is 9.59 Å². The first-order chi connectivity index (χ1) is 25.7. The fourth-order valence-electron chi connectivity index (χ4n) is 3.50. The summed E-state index contributed by atoms with van der Waals surface area (Å²) in [6, 6.07) is 0. The van der Waals surface area contributed by atoms with Crippen molar-refractivity contribution in [2.45, 2.75) is 12.8 Å². The zero-order valence-electron chi connectivity index (χ0n) is 30.5. The van der Waals surface area contributed by atoms with E-state index in [2.05, 4.69) is 0 Å². The molecule has 1 fully saturated rings. The molecule has 0 aromatic carbocycles. The number of carboxylic acids is 1. The summed E-state index contributed by atoms with van der Waals surface area (Å²) in [5.41, 5.74) is 0. The molecule has 1 heterocycles. The Morgan fingerprint density at radius 3 is 0.808 bits per heavy atom. The summed E-state index contributed by atoms with van der Waals surface area (Å²) in [6.45, 7) is 11.9. The van der Waals surface area contributed by atoms with Gasteiger partial charge in [0.15, 0.2) is 0 Å². The highest BCUT2D eigenvalue weighted by Gasteiger charge is 2.18. The lowest BCUT2D eigenvalue weighted by atomic mass is 10.5. The molecule has 0 radical (unpaired) electrons. The topological polar surface area (TPSA) is 205 Å². The largest absolute Gasteiger partial charge is 0.481 e. The van der Waals surface area contributed by atoms with Gasteiger partial charge in [-0.1, -0.05) is 0 Å². The van der Waals surface area contributed by atoms with Gasteiger partial charge in [0.25, 0.3) is 0 Å². The summed E-state index contributed by atoms with van der Waals surface area (Å²) in [4.78, 5) is 36.3. The average Bonchev–Trinajstić information content (AvgIpc) is 3.65. The minimum atomic E-state index is -0.879. The van der Waals surface area contributed by atoms with Gasteiger partial charge in [0.1, 0.15) is 18.6 Å². The van der Waals surface area contributed by atoms with E-state index in [9.17, 15) is 9.59 Å². The Balaban J connectivity index is 1.61. The van der Waals surface area contributed by atoms with Crippen LogP contribution in [-0.4, -0.2) is 207 Å². The van der Waals surface area contributed by atoms with Gasteiger partial charge in [0.2, 0.25) is 0 Å².